The molecular weight excluding hydrogens is 168 g/mol. The Morgan fingerprint density at radius 3 is 2.38 bits per heavy atom. The average molecular weight is 188 g/mol. The van der Waals surface area contributed by atoms with Gasteiger partial charge in [-0.15, -0.1) is 0 Å². The minimum atomic E-state index is -0.464. The van der Waals surface area contributed by atoms with E-state index in [1.807, 2.05) is 13.8 Å². The van der Waals surface area contributed by atoms with Crippen molar-refractivity contribution in [3.05, 3.63) is 0 Å². The lowest BCUT2D eigenvalue weighted by molar-refractivity contribution is -0.123. The molecule has 0 aliphatic carbocycles. The maximum atomic E-state index is 11.3. The number of nitrogens with two attached hydrogens (primary N) is 1. The number of amides is 1. The van der Waals surface area contributed by atoms with Crippen molar-refractivity contribution in [2.75, 3.05) is 6.61 Å². The molecule has 13 heavy (non-hydrogen) atoms. The second-order valence-corrected chi connectivity index (χ2v) is 3.83. The van der Waals surface area contributed by atoms with Gasteiger partial charge in [0.15, 0.2) is 0 Å². The molecule has 0 saturated heterocycles. The van der Waals surface area contributed by atoms with E-state index < -0.39 is 6.04 Å². The zero-order valence-corrected chi connectivity index (χ0v) is 8.58. The van der Waals surface area contributed by atoms with E-state index in [9.17, 15) is 4.79 Å². The number of nitrogens with one attached hydrogen (secondary N) is 1. The molecule has 1 amide bonds. The van der Waals surface area contributed by atoms with Gasteiger partial charge in [-0.25, -0.2) is 0 Å². The summed E-state index contributed by atoms with van der Waals surface area (Å²) in [4.78, 5) is 11.3. The summed E-state index contributed by atoms with van der Waals surface area (Å²) in [5.74, 6) is 0.223. The SMILES string of the molecule is CC(C)C[C@@H](N)C(=O)NC(C)CO. The first kappa shape index (κ1) is 12.4. The number of aliphatic hydroxyl groups is 1. The van der Waals surface area contributed by atoms with Crippen molar-refractivity contribution in [3.8, 4) is 0 Å². The summed E-state index contributed by atoms with van der Waals surface area (Å²) < 4.78 is 0. The first-order chi connectivity index (χ1) is 5.97. The zero-order valence-electron chi connectivity index (χ0n) is 8.58. The van der Waals surface area contributed by atoms with Crippen LogP contribution in [0.1, 0.15) is 27.2 Å². The lowest BCUT2D eigenvalue weighted by atomic mass is 10.0. The van der Waals surface area contributed by atoms with Crippen molar-refractivity contribution >= 4 is 5.91 Å². The number of aliphatic hydroxyl groups excluding tert-OH is 1. The van der Waals surface area contributed by atoms with Gasteiger partial charge in [0.1, 0.15) is 0 Å². The summed E-state index contributed by atoms with van der Waals surface area (Å²) in [6.07, 6.45) is 0.671. The monoisotopic (exact) mass is 188 g/mol. The molecule has 0 aliphatic heterocycles. The van der Waals surface area contributed by atoms with Crippen molar-refractivity contribution in [1.82, 2.24) is 5.32 Å². The van der Waals surface area contributed by atoms with E-state index in [0.717, 1.165) is 0 Å². The Bertz CT molecular complexity index is 160. The fourth-order valence-corrected chi connectivity index (χ4v) is 1.01. The predicted molar refractivity (Wildman–Crippen MR) is 52.1 cm³/mol. The van der Waals surface area contributed by atoms with Crippen LogP contribution in [0.2, 0.25) is 0 Å². The van der Waals surface area contributed by atoms with E-state index in [1.54, 1.807) is 6.92 Å². The average Bonchev–Trinajstić information content (AvgIpc) is 2.02. The largest absolute Gasteiger partial charge is 0.394 e. The van der Waals surface area contributed by atoms with Crippen LogP contribution >= 0.6 is 0 Å². The van der Waals surface area contributed by atoms with E-state index >= 15 is 0 Å². The van der Waals surface area contributed by atoms with E-state index in [1.165, 1.54) is 0 Å². The summed E-state index contributed by atoms with van der Waals surface area (Å²) in [5, 5.41) is 11.3. The fraction of sp³-hybridized carbons (Fsp3) is 0.889. The summed E-state index contributed by atoms with van der Waals surface area (Å²) in [7, 11) is 0. The topological polar surface area (TPSA) is 75.4 Å². The van der Waals surface area contributed by atoms with Crippen molar-refractivity contribution in [2.24, 2.45) is 11.7 Å². The maximum Gasteiger partial charge on any atom is 0.237 e. The number of rotatable bonds is 5. The van der Waals surface area contributed by atoms with Gasteiger partial charge in [0, 0.05) is 6.04 Å². The highest BCUT2D eigenvalue weighted by molar-refractivity contribution is 5.81. The normalized spacial score (nSPS) is 15.5. The molecule has 0 rings (SSSR count). The van der Waals surface area contributed by atoms with E-state index in [-0.39, 0.29) is 18.6 Å². The van der Waals surface area contributed by atoms with Crippen LogP contribution in [0.25, 0.3) is 0 Å². The Hall–Kier alpha value is -0.610. The van der Waals surface area contributed by atoms with Gasteiger partial charge in [-0.3, -0.25) is 4.79 Å². The second kappa shape index (κ2) is 5.94. The Kier molecular flexibility index (Phi) is 5.66. The van der Waals surface area contributed by atoms with Gasteiger partial charge in [0.05, 0.1) is 12.6 Å². The molecule has 4 N–H and O–H groups in total. The van der Waals surface area contributed by atoms with Crippen LogP contribution in [-0.2, 0) is 4.79 Å². The molecule has 0 aromatic rings. The van der Waals surface area contributed by atoms with Crippen molar-refractivity contribution < 1.29 is 9.90 Å². The smallest absolute Gasteiger partial charge is 0.237 e. The van der Waals surface area contributed by atoms with Crippen molar-refractivity contribution in [2.45, 2.75) is 39.3 Å². The number of carbonyl (C=O) groups is 1. The standard InChI is InChI=1S/C9H20N2O2/c1-6(2)4-8(10)9(13)11-7(3)5-12/h6-8,12H,4-5,10H2,1-3H3,(H,11,13)/t7?,8-/m1/s1. The minimum absolute atomic E-state index is 0.0554. The molecule has 0 saturated carbocycles. The van der Waals surface area contributed by atoms with Crippen LogP contribution in [0.4, 0.5) is 0 Å². The summed E-state index contributed by atoms with van der Waals surface area (Å²) in [6, 6.07) is -0.681. The van der Waals surface area contributed by atoms with Gasteiger partial charge in [0.25, 0.3) is 0 Å². The number of carbonyl (C=O) groups excluding carboxylic acids is 1. The third-order valence-electron chi connectivity index (χ3n) is 1.72. The van der Waals surface area contributed by atoms with Gasteiger partial charge in [-0.05, 0) is 19.3 Å². The third kappa shape index (κ3) is 5.60. The highest BCUT2D eigenvalue weighted by atomic mass is 16.3. The predicted octanol–water partition coefficient (Wildman–Crippen LogP) is -0.143. The van der Waals surface area contributed by atoms with E-state index in [2.05, 4.69) is 5.32 Å². The van der Waals surface area contributed by atoms with Crippen LogP contribution in [0.15, 0.2) is 0 Å². The summed E-state index contributed by atoms with van der Waals surface area (Å²) >= 11 is 0. The van der Waals surface area contributed by atoms with Gasteiger partial charge in [-0.2, -0.15) is 0 Å². The van der Waals surface area contributed by atoms with Crippen LogP contribution in [0.3, 0.4) is 0 Å². The molecule has 0 aliphatic rings. The lowest BCUT2D eigenvalue weighted by Crippen LogP contribution is -2.46. The van der Waals surface area contributed by atoms with Crippen LogP contribution in [0.5, 0.6) is 0 Å². The number of hydrogen-bond acceptors (Lipinski definition) is 3. The quantitative estimate of drug-likeness (QED) is 0.562. The van der Waals surface area contributed by atoms with Crippen molar-refractivity contribution in [1.29, 1.82) is 0 Å². The van der Waals surface area contributed by atoms with Crippen LogP contribution in [0, 0.1) is 5.92 Å². The van der Waals surface area contributed by atoms with Gasteiger partial charge >= 0.3 is 0 Å². The van der Waals surface area contributed by atoms with Crippen LogP contribution < -0.4 is 11.1 Å². The van der Waals surface area contributed by atoms with Gasteiger partial charge < -0.3 is 16.2 Å². The minimum Gasteiger partial charge on any atom is -0.394 e. The first-order valence-corrected chi connectivity index (χ1v) is 4.64. The molecule has 0 radical (unpaired) electrons. The molecule has 4 heteroatoms. The Labute approximate surface area is 79.5 Å². The summed E-state index contributed by atoms with van der Waals surface area (Å²) in [5.41, 5.74) is 5.63. The Morgan fingerprint density at radius 2 is 2.00 bits per heavy atom. The zero-order chi connectivity index (χ0) is 10.4. The summed E-state index contributed by atoms with van der Waals surface area (Å²) in [6.45, 7) is 5.71. The molecule has 78 valence electrons. The Morgan fingerprint density at radius 1 is 1.46 bits per heavy atom. The lowest BCUT2D eigenvalue weighted by Gasteiger charge is -2.16. The molecule has 0 heterocycles. The third-order valence-corrected chi connectivity index (χ3v) is 1.72. The highest BCUT2D eigenvalue weighted by Gasteiger charge is 2.16. The molecule has 0 aromatic carbocycles. The maximum absolute atomic E-state index is 11.3. The molecule has 2 atom stereocenters. The van der Waals surface area contributed by atoms with Crippen LogP contribution in [-0.4, -0.2) is 29.7 Å². The molecule has 4 nitrogen and oxygen atoms in total. The molecule has 0 spiro atoms. The van der Waals surface area contributed by atoms with Gasteiger partial charge in [-0.1, -0.05) is 13.8 Å². The van der Waals surface area contributed by atoms with Crippen molar-refractivity contribution in [3.63, 3.8) is 0 Å². The highest BCUT2D eigenvalue weighted by Crippen LogP contribution is 2.02. The fourth-order valence-electron chi connectivity index (χ4n) is 1.01. The number of hydrogen-bond donors (Lipinski definition) is 3. The van der Waals surface area contributed by atoms with E-state index in [0.29, 0.717) is 12.3 Å². The molecular formula is C9H20N2O2. The molecule has 0 bridgehead atoms. The molecule has 0 fully saturated rings. The molecule has 1 unspecified atom stereocenters. The van der Waals surface area contributed by atoms with Gasteiger partial charge in [0.2, 0.25) is 5.91 Å². The van der Waals surface area contributed by atoms with E-state index in [4.69, 9.17) is 10.8 Å². The molecule has 0 aromatic heterocycles. The second-order valence-electron chi connectivity index (χ2n) is 3.83. The first-order valence-electron chi connectivity index (χ1n) is 4.64. The Balaban J connectivity index is 3.82.